The summed E-state index contributed by atoms with van der Waals surface area (Å²) in [6.45, 7) is 7.57. The normalized spacial score (nSPS) is 10.9. The van der Waals surface area contributed by atoms with Gasteiger partial charge in [-0.25, -0.2) is 8.42 Å². The maximum Gasteiger partial charge on any atom is 1.00 e. The summed E-state index contributed by atoms with van der Waals surface area (Å²) in [5.74, 6) is -0.583. The van der Waals surface area contributed by atoms with Crippen molar-refractivity contribution in [2.45, 2.75) is 175 Å². The van der Waals surface area contributed by atoms with E-state index < -0.39 is 10.4 Å². The molecule has 0 aliphatic rings. The molecule has 0 saturated carbocycles. The Morgan fingerprint density at radius 1 is 0.476 bits per heavy atom. The van der Waals surface area contributed by atoms with Crippen molar-refractivity contribution in [1.82, 2.24) is 0 Å². The Balaban J connectivity index is -0.000000748. The second-order valence-electron chi connectivity index (χ2n) is 10.9. The van der Waals surface area contributed by atoms with Crippen LogP contribution in [0.25, 0.3) is 0 Å². The Kier molecular flexibility index (Phi) is 40.7. The maximum absolute atomic E-state index is 11.5. The average molecular weight is 631 g/mol. The molecule has 0 fully saturated rings. The van der Waals surface area contributed by atoms with Crippen LogP contribution in [0.5, 0.6) is 0 Å². The average Bonchev–Trinajstić information content (AvgIpc) is 2.93. The van der Waals surface area contributed by atoms with E-state index in [2.05, 4.69) is 25.0 Å². The van der Waals surface area contributed by atoms with Gasteiger partial charge in [-0.2, -0.15) is 0 Å². The Morgan fingerprint density at radius 3 is 1.02 bits per heavy atom. The smallest absolute Gasteiger partial charge is 0.726 e. The fraction of sp³-hybridized carbons (Fsp3) is 0.938. The molecule has 0 aromatic rings. The van der Waals surface area contributed by atoms with Crippen LogP contribution in [-0.2, 0) is 33.6 Å². The fourth-order valence-electron chi connectivity index (χ4n) is 4.24. The van der Waals surface area contributed by atoms with Gasteiger partial charge in [0.1, 0.15) is 0 Å². The molecule has 0 aromatic heterocycles. The zero-order chi connectivity index (χ0) is 30.9. The van der Waals surface area contributed by atoms with Crippen LogP contribution >= 0.6 is 0 Å². The monoisotopic (exact) mass is 630 g/mol. The van der Waals surface area contributed by atoms with Crippen molar-refractivity contribution in [1.29, 1.82) is 0 Å². The molecule has 0 spiro atoms. The first-order valence-electron chi connectivity index (χ1n) is 16.7. The van der Waals surface area contributed by atoms with Gasteiger partial charge in [-0.05, 0) is 19.3 Å². The summed E-state index contributed by atoms with van der Waals surface area (Å²) in [6, 6.07) is 0. The molecule has 0 atom stereocenters. The van der Waals surface area contributed by atoms with Crippen molar-refractivity contribution in [2.24, 2.45) is 0 Å². The van der Waals surface area contributed by atoms with Crippen molar-refractivity contribution in [2.75, 3.05) is 19.8 Å². The first kappa shape index (κ1) is 46.2. The molecule has 0 aromatic carbocycles. The van der Waals surface area contributed by atoms with Crippen LogP contribution in [0.15, 0.2) is 0 Å². The van der Waals surface area contributed by atoms with Gasteiger partial charge in [-0.15, -0.1) is 0 Å². The van der Waals surface area contributed by atoms with Crippen molar-refractivity contribution in [3.8, 4) is 0 Å². The van der Waals surface area contributed by atoms with E-state index >= 15 is 0 Å². The Hall–Kier alpha value is -0.190. The first-order chi connectivity index (χ1) is 19.8. The van der Waals surface area contributed by atoms with Crippen LogP contribution in [0.2, 0.25) is 0 Å². The Morgan fingerprint density at radius 2 is 0.738 bits per heavy atom. The Labute approximate surface area is 281 Å². The maximum atomic E-state index is 11.5. The number of hydrogen-bond acceptors (Lipinski definition) is 8. The summed E-state index contributed by atoms with van der Waals surface area (Å²) in [6.07, 6.45) is 26.0. The third kappa shape index (κ3) is 44.3. The van der Waals surface area contributed by atoms with E-state index in [1.54, 1.807) is 0 Å². The van der Waals surface area contributed by atoms with Crippen LogP contribution in [0.4, 0.5) is 0 Å². The molecular weight excluding hydrogens is 567 g/mol. The van der Waals surface area contributed by atoms with Gasteiger partial charge in [0.15, 0.2) is 0 Å². The van der Waals surface area contributed by atoms with Gasteiger partial charge in [0.25, 0.3) is 0 Å². The minimum atomic E-state index is -4.48. The van der Waals surface area contributed by atoms with Crippen molar-refractivity contribution >= 4 is 22.3 Å². The third-order valence-electron chi connectivity index (χ3n) is 6.78. The SMILES string of the molecule is CCCCCCCCCCCCOS(=O)(=O)[O-].CCCCCCCCOC(=O)CCC(=O)OCCCCCCCC.[Na+]. The van der Waals surface area contributed by atoms with Crippen LogP contribution in [0.3, 0.4) is 0 Å². The number of esters is 2. The predicted molar refractivity (Wildman–Crippen MR) is 165 cm³/mol. The number of unbranched alkanes of at least 4 members (excludes halogenated alkanes) is 19. The van der Waals surface area contributed by atoms with Crippen molar-refractivity contribution in [3.05, 3.63) is 0 Å². The molecule has 0 rings (SSSR count). The molecule has 0 N–H and O–H groups in total. The van der Waals surface area contributed by atoms with E-state index in [1.165, 1.54) is 96.3 Å². The molecule has 0 heterocycles. The summed E-state index contributed by atoms with van der Waals surface area (Å²) < 4.78 is 44.7. The van der Waals surface area contributed by atoms with E-state index in [0.717, 1.165) is 38.5 Å². The second kappa shape index (κ2) is 37.0. The molecule has 0 amide bonds. The molecule has 0 saturated heterocycles. The summed E-state index contributed by atoms with van der Waals surface area (Å²) in [5, 5.41) is 0. The number of carbonyl (C=O) groups excluding carboxylic acids is 2. The minimum Gasteiger partial charge on any atom is -0.726 e. The number of ether oxygens (including phenoxy) is 2. The number of rotatable bonds is 29. The second-order valence-corrected chi connectivity index (χ2v) is 11.9. The van der Waals surface area contributed by atoms with E-state index in [1.807, 2.05) is 0 Å². The largest absolute Gasteiger partial charge is 1.00 e. The van der Waals surface area contributed by atoms with E-state index in [0.29, 0.717) is 19.6 Å². The summed E-state index contributed by atoms with van der Waals surface area (Å²) in [4.78, 5) is 23.1. The van der Waals surface area contributed by atoms with E-state index in [-0.39, 0.29) is 60.9 Å². The predicted octanol–water partition coefficient (Wildman–Crippen LogP) is 5.96. The Bertz CT molecular complexity index is 643. The van der Waals surface area contributed by atoms with Gasteiger partial charge in [0.2, 0.25) is 10.4 Å². The van der Waals surface area contributed by atoms with Gasteiger partial charge in [0, 0.05) is 0 Å². The molecule has 0 aliphatic heterocycles. The zero-order valence-corrected chi connectivity index (χ0v) is 30.6. The van der Waals surface area contributed by atoms with Crippen LogP contribution < -0.4 is 29.6 Å². The zero-order valence-electron chi connectivity index (χ0n) is 27.8. The minimum absolute atomic E-state index is 0. The molecule has 0 radical (unpaired) electrons. The molecule has 0 bridgehead atoms. The number of hydrogen-bond donors (Lipinski definition) is 0. The van der Waals surface area contributed by atoms with Crippen molar-refractivity contribution in [3.63, 3.8) is 0 Å². The van der Waals surface area contributed by atoms with Gasteiger partial charge >= 0.3 is 41.5 Å². The quantitative estimate of drug-likeness (QED) is 0.0327. The molecular formula is C32H63NaO8S. The van der Waals surface area contributed by atoms with Crippen LogP contribution in [-0.4, -0.2) is 44.7 Å². The van der Waals surface area contributed by atoms with Crippen LogP contribution in [0.1, 0.15) is 175 Å². The van der Waals surface area contributed by atoms with E-state index in [9.17, 15) is 22.6 Å². The molecule has 0 aliphatic carbocycles. The first-order valence-corrected chi connectivity index (χ1v) is 18.0. The molecule has 246 valence electrons. The summed E-state index contributed by atoms with van der Waals surface area (Å²) in [7, 11) is -4.48. The summed E-state index contributed by atoms with van der Waals surface area (Å²) >= 11 is 0. The van der Waals surface area contributed by atoms with Gasteiger partial charge in [-0.3, -0.25) is 13.8 Å². The number of carbonyl (C=O) groups is 2. The molecule has 10 heteroatoms. The molecule has 0 unspecified atom stereocenters. The summed E-state index contributed by atoms with van der Waals surface area (Å²) in [5.41, 5.74) is 0. The molecule has 42 heavy (non-hydrogen) atoms. The van der Waals surface area contributed by atoms with E-state index in [4.69, 9.17) is 9.47 Å². The molecule has 8 nitrogen and oxygen atoms in total. The van der Waals surface area contributed by atoms with Gasteiger partial charge in [0.05, 0.1) is 32.7 Å². The standard InChI is InChI=1S/C20H38O4.C12H26O4S.Na/c1-3-5-7-9-11-13-17-23-19(21)15-16-20(22)24-18-14-12-10-8-6-4-2;1-2-3-4-5-6-7-8-9-10-11-12-16-17(13,14)15;/h3-18H2,1-2H3;2-12H2,1H3,(H,13,14,15);/q;;+1/p-1. The topological polar surface area (TPSA) is 119 Å². The fourth-order valence-corrected chi connectivity index (χ4v) is 4.56. The van der Waals surface area contributed by atoms with Gasteiger partial charge < -0.3 is 14.0 Å². The van der Waals surface area contributed by atoms with Crippen molar-refractivity contribution < 1.29 is 65.8 Å². The van der Waals surface area contributed by atoms with Gasteiger partial charge in [-0.1, -0.05) is 143 Å². The van der Waals surface area contributed by atoms with Crippen LogP contribution in [0, 0.1) is 0 Å². The third-order valence-corrected chi connectivity index (χ3v) is 7.24.